The van der Waals surface area contributed by atoms with Crippen LogP contribution in [0.4, 0.5) is 17.5 Å². The summed E-state index contributed by atoms with van der Waals surface area (Å²) < 4.78 is 0. The molecule has 0 unspecified atom stereocenters. The van der Waals surface area contributed by atoms with E-state index in [-0.39, 0.29) is 54.9 Å². The van der Waals surface area contributed by atoms with Gasteiger partial charge in [-0.1, -0.05) is 81.4 Å². The number of likely N-dealkylation sites (tertiary alicyclic amines) is 1. The Balaban J connectivity index is 0.708. The van der Waals surface area contributed by atoms with E-state index in [1.54, 1.807) is 23.5 Å². The Morgan fingerprint density at radius 2 is 1.59 bits per heavy atom. The number of aryl methyl sites for hydroxylation is 1. The third-order valence-electron chi connectivity index (χ3n) is 14.7. The summed E-state index contributed by atoms with van der Waals surface area (Å²) in [6.07, 6.45) is 6.15. The van der Waals surface area contributed by atoms with Crippen LogP contribution in [0.2, 0.25) is 0 Å². The van der Waals surface area contributed by atoms with E-state index in [9.17, 15) is 24.6 Å². The van der Waals surface area contributed by atoms with Gasteiger partial charge in [0.25, 0.3) is 0 Å². The molecule has 4 aliphatic rings. The fourth-order valence-electron chi connectivity index (χ4n) is 10.6. The number of hydrogen-bond acceptors (Lipinski definition) is 14. The maximum atomic E-state index is 14.3. The van der Waals surface area contributed by atoms with Crippen molar-refractivity contribution in [2.24, 2.45) is 11.3 Å². The topological polar surface area (TPSA) is 202 Å². The predicted molar refractivity (Wildman–Crippen MR) is 275 cm³/mol. The van der Waals surface area contributed by atoms with E-state index >= 15 is 0 Å². The number of carbonyl (C=O) groups excluding carboxylic acids is 3. The summed E-state index contributed by atoms with van der Waals surface area (Å²) in [5, 5.41) is 39.5. The Morgan fingerprint density at radius 3 is 2.30 bits per heavy atom. The van der Waals surface area contributed by atoms with Gasteiger partial charge in [-0.05, 0) is 84.4 Å². The van der Waals surface area contributed by atoms with Crippen molar-refractivity contribution in [3.63, 3.8) is 0 Å². The maximum Gasteiger partial charge on any atom is 0.246 e. The zero-order valence-electron chi connectivity index (χ0n) is 40.6. The first kappa shape index (κ1) is 47.7. The lowest BCUT2D eigenvalue weighted by Gasteiger charge is -2.45. The summed E-state index contributed by atoms with van der Waals surface area (Å²) in [5.74, 6) is 0.841. The molecule has 368 valence electrons. The summed E-state index contributed by atoms with van der Waals surface area (Å²) in [6.45, 7) is 11.0. The highest BCUT2D eigenvalue weighted by Gasteiger charge is 2.45. The molecule has 6 aromatic rings. The van der Waals surface area contributed by atoms with Gasteiger partial charge in [0.2, 0.25) is 23.7 Å². The molecule has 5 N–H and O–H groups in total. The van der Waals surface area contributed by atoms with Crippen LogP contribution in [-0.2, 0) is 20.9 Å². The van der Waals surface area contributed by atoms with E-state index in [1.807, 2.05) is 88.1 Å². The van der Waals surface area contributed by atoms with Crippen LogP contribution in [0.3, 0.4) is 0 Å². The minimum Gasteiger partial charge on any atom is -0.507 e. The Labute approximate surface area is 418 Å². The summed E-state index contributed by atoms with van der Waals surface area (Å²) >= 11 is 1.59. The van der Waals surface area contributed by atoms with E-state index < -0.39 is 23.6 Å². The number of aromatic hydroxyl groups is 1. The van der Waals surface area contributed by atoms with Crippen LogP contribution >= 0.6 is 11.3 Å². The number of hydrogen-bond donors (Lipinski definition) is 5. The smallest absolute Gasteiger partial charge is 0.246 e. The van der Waals surface area contributed by atoms with Gasteiger partial charge in [0.05, 0.1) is 39.6 Å². The molecule has 1 aliphatic carbocycles. The highest BCUT2D eigenvalue weighted by atomic mass is 32.1. The van der Waals surface area contributed by atoms with Crippen LogP contribution in [0.5, 0.6) is 5.75 Å². The molecule has 0 bridgehead atoms. The van der Waals surface area contributed by atoms with Crippen molar-refractivity contribution in [1.29, 1.82) is 0 Å². The Morgan fingerprint density at radius 1 is 0.859 bits per heavy atom. The summed E-state index contributed by atoms with van der Waals surface area (Å²) in [5.41, 5.74) is 9.59. The number of aromatic nitrogens is 5. The van der Waals surface area contributed by atoms with Crippen LogP contribution in [0.25, 0.3) is 32.8 Å². The molecule has 17 heteroatoms. The fraction of sp³-hybridized carbons (Fsp3) is 0.407. The summed E-state index contributed by atoms with van der Waals surface area (Å²) in [4.78, 5) is 62.9. The number of carbonyl (C=O) groups is 3. The first-order valence-corrected chi connectivity index (χ1v) is 25.6. The molecule has 3 aromatic carbocycles. The third-order valence-corrected chi connectivity index (χ3v) is 15.7. The molecule has 2 saturated heterocycles. The van der Waals surface area contributed by atoms with Gasteiger partial charge < -0.3 is 40.9 Å². The average Bonchev–Trinajstić information content (AvgIpc) is 4.01. The predicted octanol–water partition coefficient (Wildman–Crippen LogP) is 6.94. The van der Waals surface area contributed by atoms with E-state index in [2.05, 4.69) is 65.2 Å². The SMILES string of the molecule is Cc1ncsc1-c1ccc(CNC(=O)[C@@H]2C[C@@H](O)CN2C(=O)[C@@H](NC(=O)C2CCC(c3ccc(-c4cnc(N5CCN6c7cc(-c8ccccc8O)nnc7NC[C@H]6C5)nc4)cc3)CC2)C(C)(C)C)cc1. The van der Waals surface area contributed by atoms with Gasteiger partial charge in [0.15, 0.2) is 5.82 Å². The average molecular weight is 976 g/mol. The molecule has 6 heterocycles. The molecule has 3 fully saturated rings. The van der Waals surface area contributed by atoms with E-state index in [0.29, 0.717) is 42.5 Å². The standard InChI is InChI=1S/C54H61N11O5S/c1-32-47(71-31-59-32)37-11-9-33(10-12-37)25-56-51(69)45-23-41(66)30-65(45)52(70)48(54(2,3)4)60-50(68)38-19-17-35(18-20-38)34-13-15-36(16-14-34)39-26-57-53(58-27-39)63-21-22-64-40(29-63)28-55-49-44(64)24-43(61-62-49)42-7-5-6-8-46(42)67/h5-16,24,26-27,31,35,38,40-41,45,48,66-67H,17-23,25,28-30H2,1-4H3,(H,55,62)(H,56,69)(H,60,68)/t35?,38?,40-,41+,45-,48+/m0/s1. The van der Waals surface area contributed by atoms with Gasteiger partial charge in [0.1, 0.15) is 17.8 Å². The van der Waals surface area contributed by atoms with Gasteiger partial charge in [-0.3, -0.25) is 14.4 Å². The first-order chi connectivity index (χ1) is 34.3. The normalized spacial score (nSPS) is 21.4. The summed E-state index contributed by atoms with van der Waals surface area (Å²) in [7, 11) is 0. The number of fused-ring (bicyclic) bond motifs is 3. The molecule has 3 aromatic heterocycles. The number of thiazole rings is 1. The minimum absolute atomic E-state index is 0.0271. The molecule has 1 saturated carbocycles. The number of aliphatic hydroxyl groups excluding tert-OH is 1. The van der Waals surface area contributed by atoms with Gasteiger partial charge >= 0.3 is 0 Å². The number of nitrogens with one attached hydrogen (secondary N) is 3. The number of piperazine rings is 1. The van der Waals surface area contributed by atoms with E-state index in [4.69, 9.17) is 9.97 Å². The largest absolute Gasteiger partial charge is 0.507 e. The number of nitrogens with zero attached hydrogens (tertiary/aromatic N) is 8. The first-order valence-electron chi connectivity index (χ1n) is 24.7. The number of β-amino-alcohol motifs (C(OH)–C–C–N with tert-alkyl or cyclic N) is 1. The van der Waals surface area contributed by atoms with E-state index in [1.165, 1.54) is 10.5 Å². The van der Waals surface area contributed by atoms with Crippen molar-refractivity contribution in [1.82, 2.24) is 40.7 Å². The highest BCUT2D eigenvalue weighted by Crippen LogP contribution is 2.39. The molecule has 3 aliphatic heterocycles. The molecular formula is C54H61N11O5S. The number of phenolic OH excluding ortho intramolecular Hbond substituents is 1. The van der Waals surface area contributed by atoms with Crippen LogP contribution in [0.15, 0.2) is 96.8 Å². The molecule has 0 radical (unpaired) electrons. The minimum atomic E-state index is -0.873. The highest BCUT2D eigenvalue weighted by molar-refractivity contribution is 7.13. The monoisotopic (exact) mass is 975 g/mol. The van der Waals surface area contributed by atoms with Crippen LogP contribution < -0.4 is 25.8 Å². The Hall–Kier alpha value is -6.98. The Bertz CT molecular complexity index is 2880. The van der Waals surface area contributed by atoms with Crippen molar-refractivity contribution in [3.05, 3.63) is 114 Å². The number of amides is 3. The van der Waals surface area contributed by atoms with Gasteiger partial charge in [-0.25, -0.2) is 15.0 Å². The number of aliphatic hydroxyl groups is 1. The number of rotatable bonds is 11. The molecule has 71 heavy (non-hydrogen) atoms. The second-order valence-corrected chi connectivity index (χ2v) is 21.3. The quantitative estimate of drug-likeness (QED) is 0.0895. The van der Waals surface area contributed by atoms with Crippen molar-refractivity contribution in [2.45, 2.75) is 96.5 Å². The Kier molecular flexibility index (Phi) is 13.5. The zero-order valence-corrected chi connectivity index (χ0v) is 41.4. The number of para-hydroxylation sites is 1. The lowest BCUT2D eigenvalue weighted by Crippen LogP contribution is -2.58. The lowest BCUT2D eigenvalue weighted by atomic mass is 9.77. The van der Waals surface area contributed by atoms with Crippen LogP contribution in [-0.4, -0.2) is 115 Å². The maximum absolute atomic E-state index is 14.3. The van der Waals surface area contributed by atoms with Gasteiger partial charge in [-0.15, -0.1) is 21.5 Å². The van der Waals surface area contributed by atoms with Crippen molar-refractivity contribution in [3.8, 4) is 38.6 Å². The fourth-order valence-corrected chi connectivity index (χ4v) is 11.4. The zero-order chi connectivity index (χ0) is 49.4. The molecule has 0 spiro atoms. The molecule has 4 atom stereocenters. The third kappa shape index (κ3) is 10.2. The second-order valence-electron chi connectivity index (χ2n) is 20.5. The van der Waals surface area contributed by atoms with Crippen LogP contribution in [0.1, 0.15) is 75.6 Å². The lowest BCUT2D eigenvalue weighted by molar-refractivity contribution is -0.144. The van der Waals surface area contributed by atoms with Crippen LogP contribution in [0, 0.1) is 18.3 Å². The molecule has 3 amide bonds. The second kappa shape index (κ2) is 20.0. The molecular weight excluding hydrogens is 915 g/mol. The van der Waals surface area contributed by atoms with Crippen molar-refractivity contribution >= 4 is 46.5 Å². The van der Waals surface area contributed by atoms with Gasteiger partial charge in [0, 0.05) is 75.1 Å². The number of phenols is 1. The molecule has 10 rings (SSSR count). The number of benzene rings is 3. The van der Waals surface area contributed by atoms with Gasteiger partial charge in [-0.2, -0.15) is 0 Å². The van der Waals surface area contributed by atoms with Crippen molar-refractivity contribution in [2.75, 3.05) is 47.8 Å². The number of anilines is 3. The van der Waals surface area contributed by atoms with Crippen molar-refractivity contribution < 1.29 is 24.6 Å². The van der Waals surface area contributed by atoms with E-state index in [0.717, 1.165) is 76.8 Å². The molecule has 16 nitrogen and oxygen atoms in total. The summed E-state index contributed by atoms with van der Waals surface area (Å²) in [6, 6.07) is 24.2.